The van der Waals surface area contributed by atoms with E-state index in [1.54, 1.807) is 12.1 Å². The predicted molar refractivity (Wildman–Crippen MR) is 68.8 cm³/mol. The largest absolute Gasteiger partial charge is 0.327 e. The van der Waals surface area contributed by atoms with E-state index in [4.69, 9.17) is 5.73 Å². The Morgan fingerprint density at radius 1 is 1.39 bits per heavy atom. The number of hydrogen-bond donors (Lipinski definition) is 1. The number of hydrogen-bond acceptors (Lipinski definition) is 3. The summed E-state index contributed by atoms with van der Waals surface area (Å²) in [6, 6.07) is 6.29. The number of halogens is 1. The summed E-state index contributed by atoms with van der Waals surface area (Å²) in [5, 5.41) is 0. The number of benzene rings is 1. The topological polar surface area (TPSA) is 46.3 Å². The number of Topliss-reactive ketones (excluding diaryl/α,β-unsaturated/α-hetero) is 1. The molecule has 0 saturated carbocycles. The maximum atomic E-state index is 12.7. The van der Waals surface area contributed by atoms with Crippen LogP contribution in [-0.4, -0.2) is 36.4 Å². The van der Waals surface area contributed by atoms with Crippen LogP contribution in [0.5, 0.6) is 0 Å². The highest BCUT2D eigenvalue weighted by Crippen LogP contribution is 2.09. The maximum Gasteiger partial charge on any atom is 0.151 e. The fourth-order valence-electron chi connectivity index (χ4n) is 2.37. The first kappa shape index (κ1) is 13.2. The lowest BCUT2D eigenvalue weighted by atomic mass is 10.0. The number of carbonyl (C=O) groups is 1. The minimum Gasteiger partial charge on any atom is -0.327 e. The first-order valence-corrected chi connectivity index (χ1v) is 6.37. The lowest BCUT2D eigenvalue weighted by Gasteiger charge is -2.29. The van der Waals surface area contributed by atoms with Gasteiger partial charge in [-0.3, -0.25) is 9.69 Å². The third-order valence-corrected chi connectivity index (χ3v) is 3.26. The van der Waals surface area contributed by atoms with Crippen LogP contribution in [0.25, 0.3) is 0 Å². The van der Waals surface area contributed by atoms with Crippen molar-refractivity contribution in [2.75, 3.05) is 19.6 Å². The second-order valence-electron chi connectivity index (χ2n) is 4.98. The van der Waals surface area contributed by atoms with Crippen LogP contribution < -0.4 is 5.73 Å². The molecule has 1 atom stereocenters. The summed E-state index contributed by atoms with van der Waals surface area (Å²) in [5.74, 6) is -0.107. The van der Waals surface area contributed by atoms with Gasteiger partial charge in [0, 0.05) is 19.0 Å². The summed E-state index contributed by atoms with van der Waals surface area (Å²) >= 11 is 0. The lowest BCUT2D eigenvalue weighted by molar-refractivity contribution is -0.119. The summed E-state index contributed by atoms with van der Waals surface area (Å²) in [5.41, 5.74) is 6.74. The highest BCUT2D eigenvalue weighted by atomic mass is 19.1. The molecule has 0 radical (unpaired) electrons. The van der Waals surface area contributed by atoms with Crippen LogP contribution in [0.1, 0.15) is 18.4 Å². The fraction of sp³-hybridized carbons (Fsp3) is 0.500. The van der Waals surface area contributed by atoms with Gasteiger partial charge in [-0.2, -0.15) is 0 Å². The van der Waals surface area contributed by atoms with Gasteiger partial charge in [-0.05, 0) is 37.1 Å². The Hall–Kier alpha value is -1.26. The lowest BCUT2D eigenvalue weighted by Crippen LogP contribution is -2.45. The molecule has 3 nitrogen and oxygen atoms in total. The van der Waals surface area contributed by atoms with Gasteiger partial charge in [-0.25, -0.2) is 4.39 Å². The first-order chi connectivity index (χ1) is 8.63. The van der Waals surface area contributed by atoms with Crippen LogP contribution in [0.4, 0.5) is 4.39 Å². The summed E-state index contributed by atoms with van der Waals surface area (Å²) in [4.78, 5) is 14.0. The van der Waals surface area contributed by atoms with Gasteiger partial charge in [0.05, 0.1) is 6.54 Å². The molecule has 98 valence electrons. The molecule has 1 aromatic rings. The molecule has 0 aliphatic carbocycles. The van der Waals surface area contributed by atoms with E-state index in [1.165, 1.54) is 12.1 Å². The number of ketones is 1. The molecule has 0 amide bonds. The SMILES string of the molecule is NC1CCCN(CC(=O)Cc2ccc(F)cc2)C1. The van der Waals surface area contributed by atoms with E-state index >= 15 is 0 Å². The van der Waals surface area contributed by atoms with Gasteiger partial charge in [0.25, 0.3) is 0 Å². The molecule has 1 aliphatic rings. The summed E-state index contributed by atoms with van der Waals surface area (Å²) < 4.78 is 12.7. The molecule has 4 heteroatoms. The van der Waals surface area contributed by atoms with Crippen LogP contribution in [0.3, 0.4) is 0 Å². The molecule has 2 N–H and O–H groups in total. The Morgan fingerprint density at radius 2 is 2.11 bits per heavy atom. The van der Waals surface area contributed by atoms with Crippen molar-refractivity contribution in [3.05, 3.63) is 35.6 Å². The van der Waals surface area contributed by atoms with Crippen molar-refractivity contribution in [3.8, 4) is 0 Å². The number of nitrogens with zero attached hydrogens (tertiary/aromatic N) is 1. The Labute approximate surface area is 107 Å². The van der Waals surface area contributed by atoms with Crippen molar-refractivity contribution >= 4 is 5.78 Å². The van der Waals surface area contributed by atoms with Crippen LogP contribution in [0.15, 0.2) is 24.3 Å². The first-order valence-electron chi connectivity index (χ1n) is 6.37. The zero-order chi connectivity index (χ0) is 13.0. The van der Waals surface area contributed by atoms with Crippen molar-refractivity contribution in [2.45, 2.75) is 25.3 Å². The molecule has 1 aliphatic heterocycles. The fourth-order valence-corrected chi connectivity index (χ4v) is 2.37. The van der Waals surface area contributed by atoms with Gasteiger partial charge in [0.1, 0.15) is 5.82 Å². The van der Waals surface area contributed by atoms with Crippen LogP contribution in [0.2, 0.25) is 0 Å². The van der Waals surface area contributed by atoms with E-state index < -0.39 is 0 Å². The van der Waals surface area contributed by atoms with Gasteiger partial charge in [0.15, 0.2) is 5.78 Å². The molecule has 1 heterocycles. The second-order valence-corrected chi connectivity index (χ2v) is 4.98. The molecule has 1 fully saturated rings. The second kappa shape index (κ2) is 6.07. The molecular formula is C14H19FN2O. The van der Waals surface area contributed by atoms with Crippen LogP contribution >= 0.6 is 0 Å². The number of rotatable bonds is 4. The van der Waals surface area contributed by atoms with E-state index in [9.17, 15) is 9.18 Å². The number of nitrogens with two attached hydrogens (primary N) is 1. The van der Waals surface area contributed by atoms with Gasteiger partial charge < -0.3 is 5.73 Å². The van der Waals surface area contributed by atoms with Crippen LogP contribution in [0, 0.1) is 5.82 Å². The van der Waals surface area contributed by atoms with Gasteiger partial charge in [-0.15, -0.1) is 0 Å². The molecule has 1 aromatic carbocycles. The summed E-state index contributed by atoms with van der Waals surface area (Å²) in [6.07, 6.45) is 2.47. The molecule has 1 saturated heterocycles. The van der Waals surface area contributed by atoms with Crippen molar-refractivity contribution < 1.29 is 9.18 Å². The van der Waals surface area contributed by atoms with Crippen molar-refractivity contribution in [3.63, 3.8) is 0 Å². The maximum absolute atomic E-state index is 12.7. The van der Waals surface area contributed by atoms with Crippen molar-refractivity contribution in [2.24, 2.45) is 5.73 Å². The van der Waals surface area contributed by atoms with Crippen molar-refractivity contribution in [1.29, 1.82) is 0 Å². The molecule has 0 bridgehead atoms. The van der Waals surface area contributed by atoms with Gasteiger partial charge in [0.2, 0.25) is 0 Å². The third kappa shape index (κ3) is 3.89. The van der Waals surface area contributed by atoms with E-state index in [0.29, 0.717) is 13.0 Å². The predicted octanol–water partition coefficient (Wildman–Crippen LogP) is 1.36. The minimum absolute atomic E-state index is 0.163. The Bertz CT molecular complexity index is 405. The zero-order valence-corrected chi connectivity index (χ0v) is 10.4. The molecule has 2 rings (SSSR count). The molecule has 0 aromatic heterocycles. The minimum atomic E-state index is -0.270. The number of piperidine rings is 1. The zero-order valence-electron chi connectivity index (χ0n) is 10.4. The highest BCUT2D eigenvalue weighted by Gasteiger charge is 2.18. The smallest absolute Gasteiger partial charge is 0.151 e. The van der Waals surface area contributed by atoms with E-state index in [-0.39, 0.29) is 17.6 Å². The highest BCUT2D eigenvalue weighted by molar-refractivity contribution is 5.82. The average molecular weight is 250 g/mol. The van der Waals surface area contributed by atoms with E-state index in [2.05, 4.69) is 4.90 Å². The Balaban J connectivity index is 1.83. The third-order valence-electron chi connectivity index (χ3n) is 3.26. The number of likely N-dealkylation sites (tertiary alicyclic amines) is 1. The average Bonchev–Trinajstić information content (AvgIpc) is 2.32. The summed E-state index contributed by atoms with van der Waals surface area (Å²) in [6.45, 7) is 2.20. The Morgan fingerprint density at radius 3 is 2.78 bits per heavy atom. The molecule has 18 heavy (non-hydrogen) atoms. The van der Waals surface area contributed by atoms with Crippen molar-refractivity contribution in [1.82, 2.24) is 4.90 Å². The quantitative estimate of drug-likeness (QED) is 0.877. The van der Waals surface area contributed by atoms with Gasteiger partial charge >= 0.3 is 0 Å². The Kier molecular flexibility index (Phi) is 4.44. The standard InChI is InChI=1S/C14H19FN2O/c15-12-5-3-11(4-6-12)8-14(18)10-17-7-1-2-13(16)9-17/h3-6,13H,1-2,7-10,16H2. The summed E-state index contributed by atoms with van der Waals surface area (Å²) in [7, 11) is 0. The van der Waals surface area contributed by atoms with E-state index in [0.717, 1.165) is 31.5 Å². The normalized spacial score (nSPS) is 20.9. The van der Waals surface area contributed by atoms with Gasteiger partial charge in [-0.1, -0.05) is 12.1 Å². The number of carbonyl (C=O) groups excluding carboxylic acids is 1. The molecular weight excluding hydrogens is 231 g/mol. The van der Waals surface area contributed by atoms with E-state index in [1.807, 2.05) is 0 Å². The van der Waals surface area contributed by atoms with Crippen LogP contribution in [-0.2, 0) is 11.2 Å². The molecule has 1 unspecified atom stereocenters. The molecule has 0 spiro atoms. The monoisotopic (exact) mass is 250 g/mol.